The van der Waals surface area contributed by atoms with Gasteiger partial charge < -0.3 is 15.7 Å². The third-order valence-electron chi connectivity index (χ3n) is 4.36. The lowest BCUT2D eigenvalue weighted by atomic mass is 10.2. The molecule has 1 atom stereocenters. The molecule has 0 radical (unpaired) electrons. The molecule has 0 saturated carbocycles. The lowest BCUT2D eigenvalue weighted by Crippen LogP contribution is -2.22. The molecule has 3 aromatic carbocycles. The number of halogens is 2. The van der Waals surface area contributed by atoms with E-state index in [1.165, 1.54) is 54.2 Å². The van der Waals surface area contributed by atoms with E-state index in [2.05, 4.69) is 10.6 Å². The number of benzene rings is 3. The quantitative estimate of drug-likeness (QED) is 0.392. The number of hydrogen-bond donors (Lipinski definition) is 3. The van der Waals surface area contributed by atoms with Crippen molar-refractivity contribution >= 4 is 52.5 Å². The standard InChI is InChI=1S/C23H18ClFN2O4S/c1-13(21(28)27-17-8-11-20(24)19(12-17)23(30)31)32-18-9-6-16(7-10-18)26-22(29)14-2-4-15(25)5-3-14/h2-13H,1H3,(H,26,29)(H,27,28)(H,30,31). The number of hydrogen-bond acceptors (Lipinski definition) is 4. The van der Waals surface area contributed by atoms with Gasteiger partial charge in [-0.1, -0.05) is 11.6 Å². The number of carboxylic acid groups (broad SMARTS) is 1. The lowest BCUT2D eigenvalue weighted by molar-refractivity contribution is -0.115. The van der Waals surface area contributed by atoms with Crippen LogP contribution in [0.5, 0.6) is 0 Å². The summed E-state index contributed by atoms with van der Waals surface area (Å²) < 4.78 is 13.0. The predicted molar refractivity (Wildman–Crippen MR) is 123 cm³/mol. The lowest BCUT2D eigenvalue weighted by Gasteiger charge is -2.13. The first-order chi connectivity index (χ1) is 15.2. The average molecular weight is 473 g/mol. The summed E-state index contributed by atoms with van der Waals surface area (Å²) in [6.45, 7) is 1.72. The van der Waals surface area contributed by atoms with Crippen molar-refractivity contribution in [3.63, 3.8) is 0 Å². The molecule has 0 fully saturated rings. The van der Waals surface area contributed by atoms with Crippen LogP contribution in [0.4, 0.5) is 15.8 Å². The Labute approximate surface area is 192 Å². The van der Waals surface area contributed by atoms with E-state index in [1.807, 2.05) is 0 Å². The van der Waals surface area contributed by atoms with Crippen LogP contribution in [0.15, 0.2) is 71.6 Å². The number of nitrogens with one attached hydrogen (secondary N) is 2. The molecule has 3 aromatic rings. The zero-order valence-electron chi connectivity index (χ0n) is 16.8. The zero-order valence-corrected chi connectivity index (χ0v) is 18.3. The first-order valence-corrected chi connectivity index (χ1v) is 10.7. The number of carbonyl (C=O) groups is 3. The highest BCUT2D eigenvalue weighted by molar-refractivity contribution is 8.00. The van der Waals surface area contributed by atoms with Crippen LogP contribution in [-0.4, -0.2) is 28.1 Å². The highest BCUT2D eigenvalue weighted by atomic mass is 35.5. The summed E-state index contributed by atoms with van der Waals surface area (Å²) in [5.74, 6) is -2.26. The van der Waals surface area contributed by atoms with Crippen LogP contribution in [0, 0.1) is 5.82 Å². The second-order valence-corrected chi connectivity index (χ2v) is 8.56. The van der Waals surface area contributed by atoms with Crippen LogP contribution in [0.2, 0.25) is 5.02 Å². The van der Waals surface area contributed by atoms with E-state index in [1.54, 1.807) is 31.2 Å². The second kappa shape index (κ2) is 10.3. The number of amides is 2. The molecular weight excluding hydrogens is 455 g/mol. The van der Waals surface area contributed by atoms with Gasteiger partial charge in [-0.05, 0) is 73.7 Å². The Bertz CT molecular complexity index is 1150. The number of thioether (sulfide) groups is 1. The van der Waals surface area contributed by atoms with Crippen molar-refractivity contribution < 1.29 is 23.9 Å². The van der Waals surface area contributed by atoms with Crippen molar-refractivity contribution in [3.05, 3.63) is 88.7 Å². The number of aromatic carboxylic acids is 1. The van der Waals surface area contributed by atoms with Crippen LogP contribution in [0.25, 0.3) is 0 Å². The first kappa shape index (κ1) is 23.3. The van der Waals surface area contributed by atoms with Gasteiger partial charge in [0.05, 0.1) is 15.8 Å². The summed E-state index contributed by atoms with van der Waals surface area (Å²) in [7, 11) is 0. The van der Waals surface area contributed by atoms with E-state index < -0.39 is 17.0 Å². The fourth-order valence-corrected chi connectivity index (χ4v) is 3.76. The monoisotopic (exact) mass is 472 g/mol. The molecule has 6 nitrogen and oxygen atoms in total. The van der Waals surface area contributed by atoms with E-state index in [4.69, 9.17) is 16.7 Å². The number of rotatable bonds is 7. The summed E-state index contributed by atoms with van der Waals surface area (Å²) in [5.41, 5.74) is 1.14. The molecule has 3 N–H and O–H groups in total. The Morgan fingerprint density at radius 2 is 1.56 bits per heavy atom. The largest absolute Gasteiger partial charge is 0.478 e. The van der Waals surface area contributed by atoms with Gasteiger partial charge in [0, 0.05) is 21.8 Å². The van der Waals surface area contributed by atoms with E-state index in [0.29, 0.717) is 16.9 Å². The molecule has 0 aliphatic heterocycles. The van der Waals surface area contributed by atoms with Crippen LogP contribution in [0.3, 0.4) is 0 Å². The number of anilines is 2. The Morgan fingerprint density at radius 1 is 0.938 bits per heavy atom. The minimum atomic E-state index is -1.18. The summed E-state index contributed by atoms with van der Waals surface area (Å²) in [5, 5.41) is 14.2. The highest BCUT2D eigenvalue weighted by Crippen LogP contribution is 2.27. The van der Waals surface area contributed by atoms with Gasteiger partial charge in [0.15, 0.2) is 0 Å². The molecule has 164 valence electrons. The van der Waals surface area contributed by atoms with Gasteiger partial charge in [0.25, 0.3) is 5.91 Å². The molecule has 0 spiro atoms. The van der Waals surface area contributed by atoms with Crippen molar-refractivity contribution in [2.75, 3.05) is 10.6 Å². The van der Waals surface area contributed by atoms with Crippen molar-refractivity contribution in [2.45, 2.75) is 17.1 Å². The topological polar surface area (TPSA) is 95.5 Å². The van der Waals surface area contributed by atoms with Crippen LogP contribution < -0.4 is 10.6 Å². The Hall–Kier alpha value is -3.36. The number of carboxylic acids is 1. The summed E-state index contributed by atoms with van der Waals surface area (Å²) in [6, 6.07) is 16.4. The summed E-state index contributed by atoms with van der Waals surface area (Å²) in [4.78, 5) is 36.7. The van der Waals surface area contributed by atoms with Gasteiger partial charge in [0.1, 0.15) is 5.82 Å². The second-order valence-electron chi connectivity index (χ2n) is 6.73. The average Bonchev–Trinajstić information content (AvgIpc) is 2.76. The van der Waals surface area contributed by atoms with Crippen molar-refractivity contribution in [2.24, 2.45) is 0 Å². The van der Waals surface area contributed by atoms with Gasteiger partial charge >= 0.3 is 5.97 Å². The highest BCUT2D eigenvalue weighted by Gasteiger charge is 2.17. The fourth-order valence-electron chi connectivity index (χ4n) is 2.69. The van der Waals surface area contributed by atoms with Gasteiger partial charge in [-0.3, -0.25) is 9.59 Å². The third-order valence-corrected chi connectivity index (χ3v) is 5.81. The molecule has 2 amide bonds. The van der Waals surface area contributed by atoms with Crippen molar-refractivity contribution in [1.29, 1.82) is 0 Å². The molecule has 0 heterocycles. The third kappa shape index (κ3) is 6.09. The molecule has 32 heavy (non-hydrogen) atoms. The van der Waals surface area contributed by atoms with Crippen molar-refractivity contribution in [1.82, 2.24) is 0 Å². The maximum absolute atomic E-state index is 13.0. The molecule has 9 heteroatoms. The molecule has 0 aromatic heterocycles. The smallest absolute Gasteiger partial charge is 0.337 e. The number of carbonyl (C=O) groups excluding carboxylic acids is 2. The zero-order chi connectivity index (χ0) is 23.3. The van der Waals surface area contributed by atoms with Gasteiger partial charge in [-0.25, -0.2) is 9.18 Å². The van der Waals surface area contributed by atoms with Gasteiger partial charge in [0.2, 0.25) is 5.91 Å². The SMILES string of the molecule is CC(Sc1ccc(NC(=O)c2ccc(F)cc2)cc1)C(=O)Nc1ccc(Cl)c(C(=O)O)c1. The normalized spacial score (nSPS) is 11.5. The molecule has 0 bridgehead atoms. The molecule has 0 aliphatic carbocycles. The summed E-state index contributed by atoms with van der Waals surface area (Å²) in [6.07, 6.45) is 0. The van der Waals surface area contributed by atoms with Crippen molar-refractivity contribution in [3.8, 4) is 0 Å². The first-order valence-electron chi connectivity index (χ1n) is 9.40. The van der Waals surface area contributed by atoms with E-state index in [-0.39, 0.29) is 22.4 Å². The van der Waals surface area contributed by atoms with Crippen LogP contribution in [-0.2, 0) is 4.79 Å². The Balaban J connectivity index is 1.58. The fraction of sp³-hybridized carbons (Fsp3) is 0.0870. The molecule has 0 saturated heterocycles. The molecule has 0 aliphatic rings. The Kier molecular flexibility index (Phi) is 7.50. The maximum Gasteiger partial charge on any atom is 0.337 e. The molecular formula is C23H18ClFN2O4S. The van der Waals surface area contributed by atoms with E-state index in [0.717, 1.165) is 4.90 Å². The minimum absolute atomic E-state index is 0.0875. The van der Waals surface area contributed by atoms with E-state index >= 15 is 0 Å². The molecule has 1 unspecified atom stereocenters. The van der Waals surface area contributed by atoms with Crippen LogP contribution >= 0.6 is 23.4 Å². The van der Waals surface area contributed by atoms with Gasteiger partial charge in [-0.2, -0.15) is 0 Å². The van der Waals surface area contributed by atoms with Crippen LogP contribution in [0.1, 0.15) is 27.6 Å². The van der Waals surface area contributed by atoms with E-state index in [9.17, 15) is 18.8 Å². The summed E-state index contributed by atoms with van der Waals surface area (Å²) >= 11 is 7.15. The predicted octanol–water partition coefficient (Wildman–Crippen LogP) is 5.55. The maximum atomic E-state index is 13.0. The molecule has 3 rings (SSSR count). The minimum Gasteiger partial charge on any atom is -0.478 e. The Morgan fingerprint density at radius 3 is 2.19 bits per heavy atom. The van der Waals surface area contributed by atoms with Gasteiger partial charge in [-0.15, -0.1) is 11.8 Å².